The number of hydrogen-bond acceptors (Lipinski definition) is 6. The average Bonchev–Trinajstić information content (AvgIpc) is 2.84. The van der Waals surface area contributed by atoms with E-state index in [4.69, 9.17) is 10.5 Å². The molecule has 1 spiro atoms. The fourth-order valence-corrected chi connectivity index (χ4v) is 3.94. The Balaban J connectivity index is 1.73. The zero-order chi connectivity index (χ0) is 15.9. The number of nitrogen functional groups attached to an aromatic ring is 1. The van der Waals surface area contributed by atoms with E-state index in [0.717, 1.165) is 25.7 Å². The molecule has 3 heterocycles. The van der Waals surface area contributed by atoms with Crippen LogP contribution >= 0.6 is 0 Å². The van der Waals surface area contributed by atoms with Crippen molar-refractivity contribution in [2.75, 3.05) is 18.9 Å². The van der Waals surface area contributed by atoms with Crippen LogP contribution in [0.1, 0.15) is 31.7 Å². The highest BCUT2D eigenvalue weighted by atomic mass is 16.5. The Morgan fingerprint density at radius 1 is 1.30 bits per heavy atom. The van der Waals surface area contributed by atoms with Gasteiger partial charge >= 0.3 is 0 Å². The molecule has 3 atom stereocenters. The average molecular weight is 315 g/mol. The molecule has 23 heavy (non-hydrogen) atoms. The van der Waals surface area contributed by atoms with Gasteiger partial charge in [-0.2, -0.15) is 0 Å². The standard InChI is InChI=1S/C16H21N5O2/c17-14-12-15(19-9-18-14)21(10-20-12)11-4-3-6-16(13(11)22)5-1-2-7-23-8-16/h1-2,9-11,13,22H,3-8H2,(H2,17,18,19)/t11-,13-,16-/m0/s1. The van der Waals surface area contributed by atoms with E-state index in [9.17, 15) is 5.11 Å². The van der Waals surface area contributed by atoms with E-state index in [-0.39, 0.29) is 11.5 Å². The Morgan fingerprint density at radius 3 is 3.13 bits per heavy atom. The number of ether oxygens (including phenoxy) is 1. The van der Waals surface area contributed by atoms with Crippen molar-refractivity contribution in [1.29, 1.82) is 0 Å². The van der Waals surface area contributed by atoms with E-state index in [1.165, 1.54) is 6.33 Å². The molecule has 0 amide bonds. The molecule has 4 rings (SSSR count). The quantitative estimate of drug-likeness (QED) is 0.773. The number of aromatic nitrogens is 4. The van der Waals surface area contributed by atoms with Gasteiger partial charge in [-0.25, -0.2) is 15.0 Å². The number of hydrogen-bond donors (Lipinski definition) is 2. The van der Waals surface area contributed by atoms with Crippen LogP contribution in [0.3, 0.4) is 0 Å². The van der Waals surface area contributed by atoms with Gasteiger partial charge in [0.05, 0.1) is 31.7 Å². The number of anilines is 1. The third-order valence-electron chi connectivity index (χ3n) is 5.21. The van der Waals surface area contributed by atoms with E-state index in [1.54, 1.807) is 6.33 Å². The van der Waals surface area contributed by atoms with Crippen molar-refractivity contribution >= 4 is 17.0 Å². The largest absolute Gasteiger partial charge is 0.390 e. The summed E-state index contributed by atoms with van der Waals surface area (Å²) >= 11 is 0. The SMILES string of the molecule is Nc1ncnc2c1ncn2[C@H]1CCC[C@]2(CC=CCOC2)[C@H]1O. The van der Waals surface area contributed by atoms with Crippen LogP contribution in [-0.4, -0.2) is 43.9 Å². The van der Waals surface area contributed by atoms with Crippen molar-refractivity contribution in [3.63, 3.8) is 0 Å². The summed E-state index contributed by atoms with van der Waals surface area (Å²) in [6.45, 7) is 1.21. The van der Waals surface area contributed by atoms with Gasteiger partial charge in [-0.3, -0.25) is 0 Å². The predicted molar refractivity (Wildman–Crippen MR) is 85.6 cm³/mol. The molecule has 2 aromatic heterocycles. The van der Waals surface area contributed by atoms with Crippen molar-refractivity contribution in [3.8, 4) is 0 Å². The minimum Gasteiger partial charge on any atom is -0.390 e. The number of fused-ring (bicyclic) bond motifs is 1. The lowest BCUT2D eigenvalue weighted by Gasteiger charge is -2.44. The third kappa shape index (κ3) is 2.31. The predicted octanol–water partition coefficient (Wildman–Crippen LogP) is 1.46. The Hall–Kier alpha value is -1.99. The topological polar surface area (TPSA) is 99.1 Å². The van der Waals surface area contributed by atoms with Crippen LogP contribution in [0.5, 0.6) is 0 Å². The van der Waals surface area contributed by atoms with Gasteiger partial charge in [-0.1, -0.05) is 18.6 Å². The minimum absolute atomic E-state index is 0.0712. The fraction of sp³-hybridized carbons (Fsp3) is 0.562. The van der Waals surface area contributed by atoms with Crippen LogP contribution in [-0.2, 0) is 4.74 Å². The molecule has 3 N–H and O–H groups in total. The molecule has 0 saturated heterocycles. The first-order chi connectivity index (χ1) is 11.2. The van der Waals surface area contributed by atoms with E-state index in [0.29, 0.717) is 30.2 Å². The maximum Gasteiger partial charge on any atom is 0.165 e. The third-order valence-corrected chi connectivity index (χ3v) is 5.21. The monoisotopic (exact) mass is 315 g/mol. The summed E-state index contributed by atoms with van der Waals surface area (Å²) in [6, 6.07) is -0.0712. The van der Waals surface area contributed by atoms with Crippen molar-refractivity contribution in [1.82, 2.24) is 19.5 Å². The Morgan fingerprint density at radius 2 is 2.22 bits per heavy atom. The van der Waals surface area contributed by atoms with Gasteiger partial charge in [-0.05, 0) is 19.3 Å². The number of aliphatic hydroxyl groups excluding tert-OH is 1. The molecule has 2 aromatic rings. The molecule has 1 fully saturated rings. The zero-order valence-electron chi connectivity index (χ0n) is 12.9. The van der Waals surface area contributed by atoms with Crippen molar-refractivity contribution in [3.05, 3.63) is 24.8 Å². The lowest BCUT2D eigenvalue weighted by Crippen LogP contribution is -2.47. The Bertz CT molecular complexity index is 743. The highest BCUT2D eigenvalue weighted by molar-refractivity contribution is 5.81. The van der Waals surface area contributed by atoms with Gasteiger partial charge in [0.2, 0.25) is 0 Å². The van der Waals surface area contributed by atoms with Gasteiger partial charge < -0.3 is 20.1 Å². The molecule has 0 aromatic carbocycles. The van der Waals surface area contributed by atoms with Crippen LogP contribution in [0, 0.1) is 5.41 Å². The number of aliphatic hydroxyl groups is 1. The molecule has 122 valence electrons. The molecule has 7 heteroatoms. The van der Waals surface area contributed by atoms with Crippen LogP contribution < -0.4 is 5.73 Å². The first kappa shape index (κ1) is 14.6. The smallest absolute Gasteiger partial charge is 0.165 e. The number of nitrogens with two attached hydrogens (primary N) is 1. The van der Waals surface area contributed by atoms with Gasteiger partial charge in [0.1, 0.15) is 11.8 Å². The van der Waals surface area contributed by atoms with E-state index in [2.05, 4.69) is 21.0 Å². The maximum atomic E-state index is 11.1. The van der Waals surface area contributed by atoms with Gasteiger partial charge in [-0.15, -0.1) is 0 Å². The summed E-state index contributed by atoms with van der Waals surface area (Å²) < 4.78 is 7.67. The second kappa shape index (κ2) is 5.58. The molecule has 1 aliphatic carbocycles. The fourth-order valence-electron chi connectivity index (χ4n) is 3.94. The van der Waals surface area contributed by atoms with Crippen molar-refractivity contribution < 1.29 is 9.84 Å². The lowest BCUT2D eigenvalue weighted by atomic mass is 9.68. The van der Waals surface area contributed by atoms with Crippen LogP contribution in [0.25, 0.3) is 11.2 Å². The molecule has 2 aliphatic rings. The maximum absolute atomic E-state index is 11.1. The van der Waals surface area contributed by atoms with E-state index in [1.807, 2.05) is 10.6 Å². The summed E-state index contributed by atoms with van der Waals surface area (Å²) in [5.41, 5.74) is 6.92. The molecule has 0 bridgehead atoms. The van der Waals surface area contributed by atoms with Crippen molar-refractivity contribution in [2.45, 2.75) is 37.8 Å². The lowest BCUT2D eigenvalue weighted by molar-refractivity contribution is -0.0843. The molecule has 7 nitrogen and oxygen atoms in total. The summed E-state index contributed by atoms with van der Waals surface area (Å²) in [4.78, 5) is 12.6. The van der Waals surface area contributed by atoms with Gasteiger partial charge in [0, 0.05) is 5.41 Å². The van der Waals surface area contributed by atoms with Crippen molar-refractivity contribution in [2.24, 2.45) is 5.41 Å². The molecular weight excluding hydrogens is 294 g/mol. The van der Waals surface area contributed by atoms with E-state index >= 15 is 0 Å². The second-order valence-electron chi connectivity index (χ2n) is 6.54. The van der Waals surface area contributed by atoms with Crippen LogP contribution in [0.15, 0.2) is 24.8 Å². The first-order valence-electron chi connectivity index (χ1n) is 8.05. The van der Waals surface area contributed by atoms with Gasteiger partial charge in [0.25, 0.3) is 0 Å². The van der Waals surface area contributed by atoms with Gasteiger partial charge in [0.15, 0.2) is 11.5 Å². The number of rotatable bonds is 1. The van der Waals surface area contributed by atoms with E-state index < -0.39 is 6.10 Å². The molecular formula is C16H21N5O2. The Labute approximate surface area is 134 Å². The zero-order valence-corrected chi connectivity index (χ0v) is 12.9. The first-order valence-corrected chi connectivity index (χ1v) is 8.05. The van der Waals surface area contributed by atoms with Crippen LogP contribution in [0.2, 0.25) is 0 Å². The summed E-state index contributed by atoms with van der Waals surface area (Å²) in [6.07, 6.45) is 10.6. The highest BCUT2D eigenvalue weighted by Crippen LogP contribution is 2.46. The molecule has 1 saturated carbocycles. The number of imidazole rings is 1. The highest BCUT2D eigenvalue weighted by Gasteiger charge is 2.45. The summed E-state index contributed by atoms with van der Waals surface area (Å²) in [7, 11) is 0. The molecule has 0 unspecified atom stereocenters. The Kier molecular flexibility index (Phi) is 3.54. The minimum atomic E-state index is -0.507. The number of allylic oxidation sites excluding steroid dienone is 1. The molecule has 0 radical (unpaired) electrons. The number of nitrogens with zero attached hydrogens (tertiary/aromatic N) is 4. The summed E-state index contributed by atoms with van der Waals surface area (Å²) in [5, 5.41) is 11.1. The van der Waals surface area contributed by atoms with Crippen LogP contribution in [0.4, 0.5) is 5.82 Å². The normalized spacial score (nSPS) is 31.5. The summed E-state index contributed by atoms with van der Waals surface area (Å²) in [5.74, 6) is 0.370. The second-order valence-corrected chi connectivity index (χ2v) is 6.54. The molecule has 1 aliphatic heterocycles.